The maximum atomic E-state index is 12.9. The summed E-state index contributed by atoms with van der Waals surface area (Å²) in [5, 5.41) is 2.97. The van der Waals surface area contributed by atoms with E-state index in [9.17, 15) is 18.0 Å². The maximum absolute atomic E-state index is 12.9. The highest BCUT2D eigenvalue weighted by Gasteiger charge is 2.35. The van der Waals surface area contributed by atoms with Gasteiger partial charge in [-0.2, -0.15) is 4.31 Å². The van der Waals surface area contributed by atoms with Gasteiger partial charge in [0.15, 0.2) is 0 Å². The molecule has 0 unspecified atom stereocenters. The van der Waals surface area contributed by atoms with Crippen molar-refractivity contribution in [1.82, 2.24) is 9.62 Å². The van der Waals surface area contributed by atoms with Gasteiger partial charge in [0.25, 0.3) is 0 Å². The Kier molecular flexibility index (Phi) is 5.10. The minimum absolute atomic E-state index is 0.0227. The van der Waals surface area contributed by atoms with Gasteiger partial charge < -0.3 is 10.1 Å². The molecule has 8 heteroatoms. The van der Waals surface area contributed by atoms with Crippen LogP contribution in [0.25, 0.3) is 0 Å². The third-order valence-electron chi connectivity index (χ3n) is 4.66. The lowest BCUT2D eigenvalue weighted by atomic mass is 9.97. The van der Waals surface area contributed by atoms with E-state index >= 15 is 0 Å². The van der Waals surface area contributed by atoms with Gasteiger partial charge >= 0.3 is 5.97 Å². The van der Waals surface area contributed by atoms with Crippen molar-refractivity contribution in [1.29, 1.82) is 0 Å². The number of nitrogens with zero attached hydrogens (tertiary/aromatic N) is 1. The molecule has 1 aromatic rings. The van der Waals surface area contributed by atoms with Gasteiger partial charge in [-0.3, -0.25) is 4.79 Å². The summed E-state index contributed by atoms with van der Waals surface area (Å²) in [6.07, 6.45) is 3.03. The zero-order valence-corrected chi connectivity index (χ0v) is 14.9. The maximum Gasteiger partial charge on any atom is 0.339 e. The smallest absolute Gasteiger partial charge is 0.339 e. The Morgan fingerprint density at radius 1 is 1.12 bits per heavy atom. The van der Waals surface area contributed by atoms with E-state index in [1.807, 2.05) is 0 Å². The lowest BCUT2D eigenvalue weighted by molar-refractivity contribution is -0.126. The van der Waals surface area contributed by atoms with E-state index in [-0.39, 0.29) is 35.4 Å². The Labute approximate surface area is 147 Å². The molecule has 1 saturated heterocycles. The fourth-order valence-electron chi connectivity index (χ4n) is 3.01. The topological polar surface area (TPSA) is 92.8 Å². The molecular formula is C17H22N2O5S. The van der Waals surface area contributed by atoms with Gasteiger partial charge in [-0.15, -0.1) is 0 Å². The summed E-state index contributed by atoms with van der Waals surface area (Å²) in [5.41, 5.74) is 0.0265. The predicted molar refractivity (Wildman–Crippen MR) is 90.4 cm³/mol. The molecule has 1 heterocycles. The van der Waals surface area contributed by atoms with Crippen LogP contribution >= 0.6 is 0 Å². The number of nitrogens with one attached hydrogen (secondary N) is 1. The Hall–Kier alpha value is -1.93. The first-order valence-corrected chi connectivity index (χ1v) is 9.85. The molecule has 136 valence electrons. The van der Waals surface area contributed by atoms with Crippen LogP contribution in [-0.2, 0) is 19.6 Å². The Morgan fingerprint density at radius 2 is 1.76 bits per heavy atom. The van der Waals surface area contributed by atoms with E-state index in [0.29, 0.717) is 18.9 Å². The summed E-state index contributed by atoms with van der Waals surface area (Å²) in [4.78, 5) is 23.9. The lowest BCUT2D eigenvalue weighted by Crippen LogP contribution is -2.43. The van der Waals surface area contributed by atoms with E-state index < -0.39 is 16.0 Å². The molecule has 1 saturated carbocycles. The molecule has 7 nitrogen and oxygen atoms in total. The second-order valence-corrected chi connectivity index (χ2v) is 8.36. The van der Waals surface area contributed by atoms with E-state index in [1.54, 1.807) is 12.1 Å². The Balaban J connectivity index is 1.72. The van der Waals surface area contributed by atoms with Crippen molar-refractivity contribution in [2.45, 2.75) is 36.6 Å². The molecule has 0 atom stereocenters. The minimum Gasteiger partial charge on any atom is -0.465 e. The van der Waals surface area contributed by atoms with Gasteiger partial charge in [-0.05, 0) is 37.8 Å². The SMILES string of the molecule is COC(=O)c1ccccc1S(=O)(=O)N1CCC(C(=O)NC2CC2)CC1. The van der Waals surface area contributed by atoms with E-state index in [4.69, 9.17) is 0 Å². The average molecular weight is 366 g/mol. The zero-order valence-electron chi connectivity index (χ0n) is 14.1. The quantitative estimate of drug-likeness (QED) is 0.789. The first kappa shape index (κ1) is 17.9. The van der Waals surface area contributed by atoms with Gasteiger partial charge in [0.2, 0.25) is 15.9 Å². The number of benzene rings is 1. The van der Waals surface area contributed by atoms with Gasteiger partial charge in [0.1, 0.15) is 0 Å². The number of carbonyl (C=O) groups is 2. The molecule has 0 bridgehead atoms. The van der Waals surface area contributed by atoms with Gasteiger partial charge in [-0.1, -0.05) is 12.1 Å². The largest absolute Gasteiger partial charge is 0.465 e. The van der Waals surface area contributed by atoms with E-state index in [0.717, 1.165) is 12.8 Å². The van der Waals surface area contributed by atoms with Crippen molar-refractivity contribution in [2.24, 2.45) is 5.92 Å². The summed E-state index contributed by atoms with van der Waals surface area (Å²) in [7, 11) is -2.59. The van der Waals surface area contributed by atoms with Crippen LogP contribution in [0, 0.1) is 5.92 Å². The molecule has 1 aromatic carbocycles. The van der Waals surface area contributed by atoms with Crippen LogP contribution in [0.5, 0.6) is 0 Å². The molecule has 25 heavy (non-hydrogen) atoms. The number of sulfonamides is 1. The number of hydrogen-bond donors (Lipinski definition) is 1. The number of esters is 1. The van der Waals surface area contributed by atoms with Crippen LogP contribution in [0.2, 0.25) is 0 Å². The fourth-order valence-corrected chi connectivity index (χ4v) is 4.66. The third-order valence-corrected chi connectivity index (χ3v) is 6.62. The molecule has 2 fully saturated rings. The molecule has 0 radical (unpaired) electrons. The van der Waals surface area contributed by atoms with Crippen molar-refractivity contribution >= 4 is 21.9 Å². The lowest BCUT2D eigenvalue weighted by Gasteiger charge is -2.31. The number of ether oxygens (including phenoxy) is 1. The summed E-state index contributed by atoms with van der Waals surface area (Å²) in [6.45, 7) is 0.529. The summed E-state index contributed by atoms with van der Waals surface area (Å²) >= 11 is 0. The molecule has 1 amide bonds. The van der Waals surface area contributed by atoms with Gasteiger partial charge in [0.05, 0.1) is 17.6 Å². The van der Waals surface area contributed by atoms with Crippen LogP contribution in [0.1, 0.15) is 36.0 Å². The highest BCUT2D eigenvalue weighted by atomic mass is 32.2. The second kappa shape index (κ2) is 7.13. The fraction of sp³-hybridized carbons (Fsp3) is 0.529. The standard InChI is InChI=1S/C17H22N2O5S/c1-24-17(21)14-4-2-3-5-15(14)25(22,23)19-10-8-12(9-11-19)16(20)18-13-6-7-13/h2-5,12-13H,6-11H2,1H3,(H,18,20). The summed E-state index contributed by atoms with van der Waals surface area (Å²) in [6, 6.07) is 6.33. The number of rotatable bonds is 5. The molecule has 3 rings (SSSR count). The monoisotopic (exact) mass is 366 g/mol. The Morgan fingerprint density at radius 3 is 2.36 bits per heavy atom. The molecule has 1 N–H and O–H groups in total. The number of piperidine rings is 1. The normalized spacial score (nSPS) is 19.4. The number of carbonyl (C=O) groups excluding carboxylic acids is 2. The number of hydrogen-bond acceptors (Lipinski definition) is 5. The van der Waals surface area contributed by atoms with Crippen molar-refractivity contribution in [3.8, 4) is 0 Å². The van der Waals surface area contributed by atoms with Gasteiger partial charge in [0, 0.05) is 25.0 Å². The van der Waals surface area contributed by atoms with Crippen molar-refractivity contribution < 1.29 is 22.7 Å². The number of amides is 1. The highest BCUT2D eigenvalue weighted by molar-refractivity contribution is 7.89. The summed E-state index contributed by atoms with van der Waals surface area (Å²) in [5.74, 6) is -0.810. The second-order valence-electron chi connectivity index (χ2n) is 6.45. The molecule has 0 aromatic heterocycles. The van der Waals surface area contributed by atoms with Crippen LogP contribution in [0.4, 0.5) is 0 Å². The van der Waals surface area contributed by atoms with Crippen molar-refractivity contribution in [2.75, 3.05) is 20.2 Å². The van der Waals surface area contributed by atoms with Crippen LogP contribution < -0.4 is 5.32 Å². The molecular weight excluding hydrogens is 344 g/mol. The zero-order chi connectivity index (χ0) is 18.0. The highest BCUT2D eigenvalue weighted by Crippen LogP contribution is 2.27. The van der Waals surface area contributed by atoms with E-state index in [2.05, 4.69) is 10.1 Å². The molecule has 1 aliphatic carbocycles. The molecule has 2 aliphatic rings. The molecule has 0 spiro atoms. The van der Waals surface area contributed by atoms with Crippen LogP contribution in [-0.4, -0.2) is 50.8 Å². The minimum atomic E-state index is -3.81. The first-order valence-electron chi connectivity index (χ1n) is 8.41. The molecule has 1 aliphatic heterocycles. The Bertz CT molecular complexity index is 765. The van der Waals surface area contributed by atoms with Crippen LogP contribution in [0.15, 0.2) is 29.2 Å². The van der Waals surface area contributed by atoms with Crippen molar-refractivity contribution in [3.63, 3.8) is 0 Å². The summed E-state index contributed by atoms with van der Waals surface area (Å²) < 4.78 is 31.8. The predicted octanol–water partition coefficient (Wildman–Crippen LogP) is 1.15. The average Bonchev–Trinajstić information content (AvgIpc) is 3.45. The van der Waals surface area contributed by atoms with Gasteiger partial charge in [-0.25, -0.2) is 13.2 Å². The van der Waals surface area contributed by atoms with E-state index in [1.165, 1.54) is 23.5 Å². The first-order chi connectivity index (χ1) is 11.9. The number of methoxy groups -OCH3 is 1. The third kappa shape index (κ3) is 3.85. The van der Waals surface area contributed by atoms with Crippen LogP contribution in [0.3, 0.4) is 0 Å². The van der Waals surface area contributed by atoms with Crippen molar-refractivity contribution in [3.05, 3.63) is 29.8 Å².